The van der Waals surface area contributed by atoms with Crippen molar-refractivity contribution in [2.24, 2.45) is 5.92 Å². The number of amides is 1. The Hall–Kier alpha value is -1.36. The monoisotopic (exact) mass is 282 g/mol. The predicted molar refractivity (Wildman–Crippen MR) is 75.3 cm³/mol. The summed E-state index contributed by atoms with van der Waals surface area (Å²) in [5.41, 5.74) is 0. The van der Waals surface area contributed by atoms with Gasteiger partial charge >= 0.3 is 0 Å². The largest absolute Gasteiger partial charge is 0.354 e. The van der Waals surface area contributed by atoms with Crippen molar-refractivity contribution in [3.05, 3.63) is 17.3 Å². The van der Waals surface area contributed by atoms with E-state index < -0.39 is 0 Å². The van der Waals surface area contributed by atoms with Crippen molar-refractivity contribution >= 4 is 23.3 Å². The molecule has 0 bridgehead atoms. The van der Waals surface area contributed by atoms with E-state index in [2.05, 4.69) is 20.4 Å². The molecule has 1 atom stereocenters. The SMILES string of the molecule is CC(C)NC(=O)C1CCCN(c2ccc(Cl)nn2)C1. The quantitative estimate of drug-likeness (QED) is 0.919. The lowest BCUT2D eigenvalue weighted by atomic mass is 9.97. The van der Waals surface area contributed by atoms with E-state index in [1.165, 1.54) is 0 Å². The maximum atomic E-state index is 12.0. The van der Waals surface area contributed by atoms with E-state index in [0.29, 0.717) is 11.7 Å². The topological polar surface area (TPSA) is 58.1 Å². The van der Waals surface area contributed by atoms with E-state index in [1.807, 2.05) is 19.9 Å². The van der Waals surface area contributed by atoms with Crippen molar-refractivity contribution in [1.82, 2.24) is 15.5 Å². The van der Waals surface area contributed by atoms with Gasteiger partial charge in [-0.2, -0.15) is 0 Å². The van der Waals surface area contributed by atoms with Gasteiger partial charge in [0.2, 0.25) is 5.91 Å². The Kier molecular flexibility index (Phi) is 4.58. The zero-order valence-electron chi connectivity index (χ0n) is 11.3. The summed E-state index contributed by atoms with van der Waals surface area (Å²) >= 11 is 5.73. The molecule has 2 rings (SSSR count). The van der Waals surface area contributed by atoms with Gasteiger partial charge in [0.1, 0.15) is 0 Å². The Labute approximate surface area is 118 Å². The predicted octanol–water partition coefficient (Wildman–Crippen LogP) is 1.87. The van der Waals surface area contributed by atoms with Crippen LogP contribution in [0.2, 0.25) is 5.15 Å². The minimum absolute atomic E-state index is 0.0219. The van der Waals surface area contributed by atoms with Gasteiger partial charge in [-0.05, 0) is 38.8 Å². The summed E-state index contributed by atoms with van der Waals surface area (Å²) in [4.78, 5) is 14.1. The number of halogens is 1. The molecule has 1 unspecified atom stereocenters. The standard InChI is InChI=1S/C13H19ClN4O/c1-9(2)15-13(19)10-4-3-7-18(8-10)12-6-5-11(14)16-17-12/h5-6,9-10H,3-4,7-8H2,1-2H3,(H,15,19). The minimum Gasteiger partial charge on any atom is -0.354 e. The number of nitrogens with zero attached hydrogens (tertiary/aromatic N) is 3. The van der Waals surface area contributed by atoms with E-state index in [1.54, 1.807) is 6.07 Å². The molecule has 0 spiro atoms. The van der Waals surface area contributed by atoms with Crippen molar-refractivity contribution in [3.8, 4) is 0 Å². The summed E-state index contributed by atoms with van der Waals surface area (Å²) in [7, 11) is 0. The number of nitrogens with one attached hydrogen (secondary N) is 1. The molecule has 1 fully saturated rings. The summed E-state index contributed by atoms with van der Waals surface area (Å²) < 4.78 is 0. The highest BCUT2D eigenvalue weighted by atomic mass is 35.5. The third-order valence-electron chi connectivity index (χ3n) is 3.17. The summed E-state index contributed by atoms with van der Waals surface area (Å²) in [5, 5.41) is 11.3. The van der Waals surface area contributed by atoms with E-state index in [0.717, 1.165) is 25.2 Å². The molecule has 1 saturated heterocycles. The van der Waals surface area contributed by atoms with Crippen molar-refractivity contribution < 1.29 is 4.79 Å². The molecule has 1 amide bonds. The normalized spacial score (nSPS) is 19.6. The van der Waals surface area contributed by atoms with Gasteiger partial charge in [-0.25, -0.2) is 0 Å². The Bertz CT molecular complexity index is 435. The maximum absolute atomic E-state index is 12.0. The molecule has 0 radical (unpaired) electrons. The number of carbonyl (C=O) groups excluding carboxylic acids is 1. The van der Waals surface area contributed by atoms with Crippen LogP contribution in [-0.2, 0) is 4.79 Å². The summed E-state index contributed by atoms with van der Waals surface area (Å²) in [5.74, 6) is 0.932. The van der Waals surface area contributed by atoms with Crippen LogP contribution >= 0.6 is 11.6 Å². The third-order valence-corrected chi connectivity index (χ3v) is 3.37. The fraction of sp³-hybridized carbons (Fsp3) is 0.615. The first-order valence-corrected chi connectivity index (χ1v) is 6.98. The number of anilines is 1. The number of hydrogen-bond acceptors (Lipinski definition) is 4. The molecule has 2 heterocycles. The Morgan fingerprint density at radius 1 is 1.47 bits per heavy atom. The summed E-state index contributed by atoms with van der Waals surface area (Å²) in [6.45, 7) is 5.54. The molecule has 0 aliphatic carbocycles. The highest BCUT2D eigenvalue weighted by molar-refractivity contribution is 6.29. The van der Waals surface area contributed by atoms with Gasteiger partial charge in [0.25, 0.3) is 0 Å². The second-order valence-corrected chi connectivity index (χ2v) is 5.55. The van der Waals surface area contributed by atoms with Gasteiger partial charge in [-0.3, -0.25) is 4.79 Å². The van der Waals surface area contributed by atoms with Gasteiger partial charge in [-0.1, -0.05) is 11.6 Å². The zero-order chi connectivity index (χ0) is 13.8. The highest BCUT2D eigenvalue weighted by Gasteiger charge is 2.26. The van der Waals surface area contributed by atoms with Crippen molar-refractivity contribution in [2.45, 2.75) is 32.7 Å². The number of aromatic nitrogens is 2. The Morgan fingerprint density at radius 2 is 2.26 bits per heavy atom. The van der Waals surface area contributed by atoms with Crippen molar-refractivity contribution in [3.63, 3.8) is 0 Å². The lowest BCUT2D eigenvalue weighted by Gasteiger charge is -2.32. The molecule has 1 N–H and O–H groups in total. The molecular formula is C13H19ClN4O. The molecule has 0 aromatic carbocycles. The van der Waals surface area contributed by atoms with Crippen LogP contribution in [0.5, 0.6) is 0 Å². The van der Waals surface area contributed by atoms with Gasteiger partial charge in [0.15, 0.2) is 11.0 Å². The van der Waals surface area contributed by atoms with Gasteiger partial charge in [0, 0.05) is 19.1 Å². The average Bonchev–Trinajstić information content (AvgIpc) is 2.39. The average molecular weight is 283 g/mol. The Morgan fingerprint density at radius 3 is 2.89 bits per heavy atom. The van der Waals surface area contributed by atoms with E-state index in [4.69, 9.17) is 11.6 Å². The van der Waals surface area contributed by atoms with E-state index >= 15 is 0 Å². The highest BCUT2D eigenvalue weighted by Crippen LogP contribution is 2.22. The Balaban J connectivity index is 2.00. The van der Waals surface area contributed by atoms with E-state index in [-0.39, 0.29) is 17.9 Å². The van der Waals surface area contributed by atoms with Gasteiger partial charge in [0.05, 0.1) is 5.92 Å². The van der Waals surface area contributed by atoms with E-state index in [9.17, 15) is 4.79 Å². The molecule has 6 heteroatoms. The maximum Gasteiger partial charge on any atom is 0.225 e. The van der Waals surface area contributed by atoms with Crippen LogP contribution in [0.25, 0.3) is 0 Å². The number of rotatable bonds is 3. The van der Waals surface area contributed by atoms with Crippen LogP contribution in [0, 0.1) is 5.92 Å². The fourth-order valence-corrected chi connectivity index (χ4v) is 2.38. The molecule has 5 nitrogen and oxygen atoms in total. The second kappa shape index (κ2) is 6.19. The molecule has 1 aliphatic heterocycles. The molecular weight excluding hydrogens is 264 g/mol. The first-order chi connectivity index (χ1) is 9.06. The van der Waals surface area contributed by atoms with Crippen LogP contribution < -0.4 is 10.2 Å². The first kappa shape index (κ1) is 14.1. The molecule has 1 aliphatic rings. The van der Waals surface area contributed by atoms with Crippen LogP contribution in [0.3, 0.4) is 0 Å². The van der Waals surface area contributed by atoms with Crippen LogP contribution in [-0.4, -0.2) is 35.2 Å². The molecule has 0 saturated carbocycles. The summed E-state index contributed by atoms with van der Waals surface area (Å²) in [6.07, 6.45) is 1.91. The van der Waals surface area contributed by atoms with Gasteiger partial charge < -0.3 is 10.2 Å². The number of piperidine rings is 1. The first-order valence-electron chi connectivity index (χ1n) is 6.61. The van der Waals surface area contributed by atoms with Crippen molar-refractivity contribution in [2.75, 3.05) is 18.0 Å². The van der Waals surface area contributed by atoms with Crippen LogP contribution in [0.15, 0.2) is 12.1 Å². The third kappa shape index (κ3) is 3.80. The molecule has 1 aromatic heterocycles. The fourth-order valence-electron chi connectivity index (χ4n) is 2.28. The number of hydrogen-bond donors (Lipinski definition) is 1. The van der Waals surface area contributed by atoms with Crippen molar-refractivity contribution in [1.29, 1.82) is 0 Å². The smallest absolute Gasteiger partial charge is 0.225 e. The summed E-state index contributed by atoms with van der Waals surface area (Å²) in [6, 6.07) is 3.75. The van der Waals surface area contributed by atoms with Crippen LogP contribution in [0.1, 0.15) is 26.7 Å². The zero-order valence-corrected chi connectivity index (χ0v) is 12.0. The second-order valence-electron chi connectivity index (χ2n) is 5.16. The minimum atomic E-state index is 0.0219. The number of carbonyl (C=O) groups is 1. The molecule has 104 valence electrons. The van der Waals surface area contributed by atoms with Gasteiger partial charge in [-0.15, -0.1) is 10.2 Å². The lowest BCUT2D eigenvalue weighted by Crippen LogP contribution is -2.45. The molecule has 1 aromatic rings. The van der Waals surface area contributed by atoms with Crippen LogP contribution in [0.4, 0.5) is 5.82 Å². The lowest BCUT2D eigenvalue weighted by molar-refractivity contribution is -0.125. The molecule has 19 heavy (non-hydrogen) atoms.